The van der Waals surface area contributed by atoms with Crippen LogP contribution >= 0.6 is 22.9 Å². The third kappa shape index (κ3) is 1.85. The number of rotatable bonds is 2. The second-order valence-corrected chi connectivity index (χ2v) is 5.04. The van der Waals surface area contributed by atoms with Crippen LogP contribution < -0.4 is 11.5 Å². The van der Waals surface area contributed by atoms with E-state index in [2.05, 4.69) is 19.9 Å². The van der Waals surface area contributed by atoms with Gasteiger partial charge in [0.15, 0.2) is 15.9 Å². The Morgan fingerprint density at radius 2 is 2.11 bits per heavy atom. The van der Waals surface area contributed by atoms with Crippen LogP contribution in [0.2, 0.25) is 4.47 Å². The molecule has 92 valence electrons. The molecule has 0 atom stereocenters. The zero-order valence-corrected chi connectivity index (χ0v) is 10.6. The third-order valence-corrected chi connectivity index (χ3v) is 3.39. The number of imidazole rings is 1. The van der Waals surface area contributed by atoms with Gasteiger partial charge in [0, 0.05) is 5.38 Å². The summed E-state index contributed by atoms with van der Waals surface area (Å²) in [6.45, 7) is 0.510. The van der Waals surface area contributed by atoms with Crippen molar-refractivity contribution in [1.29, 1.82) is 0 Å². The predicted octanol–water partition coefficient (Wildman–Crippen LogP) is 1.15. The molecule has 3 rings (SSSR count). The van der Waals surface area contributed by atoms with E-state index in [0.717, 1.165) is 5.69 Å². The lowest BCUT2D eigenvalue weighted by Crippen LogP contribution is -2.04. The van der Waals surface area contributed by atoms with E-state index in [4.69, 9.17) is 23.1 Å². The third-order valence-electron chi connectivity index (χ3n) is 2.36. The Morgan fingerprint density at radius 3 is 2.83 bits per heavy atom. The predicted molar refractivity (Wildman–Crippen MR) is 70.4 cm³/mol. The van der Waals surface area contributed by atoms with Gasteiger partial charge in [0.25, 0.3) is 0 Å². The molecule has 3 aromatic rings. The molecular formula is C9H8ClN7S. The Hall–Kier alpha value is -1.93. The van der Waals surface area contributed by atoms with Crippen molar-refractivity contribution in [2.75, 3.05) is 11.5 Å². The summed E-state index contributed by atoms with van der Waals surface area (Å²) in [5, 5.41) is 1.88. The lowest BCUT2D eigenvalue weighted by atomic mass is 10.4. The Kier molecular flexibility index (Phi) is 2.53. The maximum atomic E-state index is 5.79. The Balaban J connectivity index is 2.07. The average Bonchev–Trinajstić information content (AvgIpc) is 2.87. The van der Waals surface area contributed by atoms with Gasteiger partial charge >= 0.3 is 0 Å². The van der Waals surface area contributed by atoms with E-state index in [1.54, 1.807) is 10.9 Å². The van der Waals surface area contributed by atoms with Gasteiger partial charge in [-0.2, -0.15) is 9.97 Å². The number of nitrogens with two attached hydrogens (primary N) is 2. The minimum atomic E-state index is 0.123. The number of anilines is 2. The summed E-state index contributed by atoms with van der Waals surface area (Å²) < 4.78 is 2.30. The number of thiazole rings is 1. The summed E-state index contributed by atoms with van der Waals surface area (Å²) in [6.07, 6.45) is 1.63. The monoisotopic (exact) mass is 281 g/mol. The van der Waals surface area contributed by atoms with Gasteiger partial charge in [-0.3, -0.25) is 0 Å². The number of fused-ring (bicyclic) bond motifs is 1. The molecule has 0 saturated carbocycles. The van der Waals surface area contributed by atoms with E-state index in [-0.39, 0.29) is 11.8 Å². The highest BCUT2D eigenvalue weighted by Gasteiger charge is 2.11. The minimum absolute atomic E-state index is 0.123. The summed E-state index contributed by atoms with van der Waals surface area (Å²) in [5.41, 5.74) is 13.3. The molecule has 0 amide bonds. The van der Waals surface area contributed by atoms with E-state index >= 15 is 0 Å². The molecule has 4 N–H and O–H groups in total. The molecule has 3 heterocycles. The van der Waals surface area contributed by atoms with Crippen molar-refractivity contribution >= 4 is 45.9 Å². The van der Waals surface area contributed by atoms with Crippen LogP contribution in [0.4, 0.5) is 11.8 Å². The van der Waals surface area contributed by atoms with Gasteiger partial charge < -0.3 is 16.0 Å². The molecule has 0 aliphatic rings. The van der Waals surface area contributed by atoms with E-state index in [1.165, 1.54) is 11.3 Å². The zero-order chi connectivity index (χ0) is 12.7. The van der Waals surface area contributed by atoms with E-state index in [1.807, 2.05) is 5.38 Å². The van der Waals surface area contributed by atoms with Gasteiger partial charge in [0.05, 0.1) is 18.6 Å². The summed E-state index contributed by atoms with van der Waals surface area (Å²) in [6, 6.07) is 0. The molecule has 0 saturated heterocycles. The first-order chi connectivity index (χ1) is 8.63. The molecule has 0 unspecified atom stereocenters. The second-order valence-electron chi connectivity index (χ2n) is 3.60. The first kappa shape index (κ1) is 11.2. The van der Waals surface area contributed by atoms with Crippen LogP contribution in [-0.2, 0) is 6.54 Å². The Bertz CT molecular complexity index is 719. The topological polar surface area (TPSA) is 109 Å². The molecule has 0 aliphatic carbocycles. The highest BCUT2D eigenvalue weighted by Crippen LogP contribution is 2.20. The molecule has 0 bridgehead atoms. The summed E-state index contributed by atoms with van der Waals surface area (Å²) >= 11 is 7.16. The van der Waals surface area contributed by atoms with Crippen molar-refractivity contribution < 1.29 is 0 Å². The van der Waals surface area contributed by atoms with Gasteiger partial charge in [-0.05, 0) is 0 Å². The van der Waals surface area contributed by atoms with Gasteiger partial charge in [0.2, 0.25) is 5.95 Å². The van der Waals surface area contributed by atoms with Crippen molar-refractivity contribution in [3.05, 3.63) is 21.9 Å². The normalized spacial score (nSPS) is 11.2. The van der Waals surface area contributed by atoms with Crippen LogP contribution in [0.3, 0.4) is 0 Å². The summed E-state index contributed by atoms with van der Waals surface area (Å²) in [7, 11) is 0. The molecular weight excluding hydrogens is 274 g/mol. The van der Waals surface area contributed by atoms with Crippen LogP contribution in [0.1, 0.15) is 5.69 Å². The summed E-state index contributed by atoms with van der Waals surface area (Å²) in [5.74, 6) is 0.394. The minimum Gasteiger partial charge on any atom is -0.382 e. The van der Waals surface area contributed by atoms with Crippen molar-refractivity contribution in [3.8, 4) is 0 Å². The van der Waals surface area contributed by atoms with Crippen LogP contribution in [-0.4, -0.2) is 24.5 Å². The van der Waals surface area contributed by atoms with Crippen LogP contribution in [0.25, 0.3) is 11.2 Å². The first-order valence-corrected chi connectivity index (χ1v) is 6.23. The largest absolute Gasteiger partial charge is 0.382 e. The highest BCUT2D eigenvalue weighted by molar-refractivity contribution is 7.13. The maximum absolute atomic E-state index is 5.79. The molecule has 3 aromatic heterocycles. The fourth-order valence-electron chi connectivity index (χ4n) is 1.63. The lowest BCUT2D eigenvalue weighted by molar-refractivity contribution is 0.794. The molecule has 7 nitrogen and oxygen atoms in total. The van der Waals surface area contributed by atoms with E-state index < -0.39 is 0 Å². The average molecular weight is 282 g/mol. The highest BCUT2D eigenvalue weighted by atomic mass is 35.5. The fourth-order valence-corrected chi connectivity index (χ4v) is 2.40. The number of aromatic nitrogens is 5. The van der Waals surface area contributed by atoms with Crippen molar-refractivity contribution in [2.45, 2.75) is 6.54 Å². The van der Waals surface area contributed by atoms with E-state index in [0.29, 0.717) is 22.2 Å². The SMILES string of the molecule is Nc1nc(N)c2ncn(Cc3csc(Cl)n3)c2n1. The molecule has 0 spiro atoms. The van der Waals surface area contributed by atoms with Crippen LogP contribution in [0.15, 0.2) is 11.7 Å². The second kappa shape index (κ2) is 4.07. The smallest absolute Gasteiger partial charge is 0.224 e. The Labute approximate surface area is 110 Å². The van der Waals surface area contributed by atoms with Gasteiger partial charge in [-0.15, -0.1) is 11.3 Å². The molecule has 0 aromatic carbocycles. The quantitative estimate of drug-likeness (QED) is 0.729. The number of hydrogen-bond acceptors (Lipinski definition) is 7. The fraction of sp³-hybridized carbons (Fsp3) is 0.111. The van der Waals surface area contributed by atoms with E-state index in [9.17, 15) is 0 Å². The number of halogens is 1. The van der Waals surface area contributed by atoms with Crippen molar-refractivity contribution in [1.82, 2.24) is 24.5 Å². The lowest BCUT2D eigenvalue weighted by Gasteiger charge is -2.01. The zero-order valence-electron chi connectivity index (χ0n) is 9.04. The van der Waals surface area contributed by atoms with Gasteiger partial charge in [0.1, 0.15) is 5.52 Å². The Morgan fingerprint density at radius 1 is 1.28 bits per heavy atom. The molecule has 0 fully saturated rings. The number of nitrogen functional groups attached to an aromatic ring is 2. The molecule has 0 aliphatic heterocycles. The standard InChI is InChI=1S/C9H8ClN7S/c10-8-14-4(2-18-8)1-17-3-13-5-6(11)15-9(12)16-7(5)17/h2-3H,1H2,(H4,11,12,15,16). The molecule has 18 heavy (non-hydrogen) atoms. The number of nitrogens with zero attached hydrogens (tertiary/aromatic N) is 5. The van der Waals surface area contributed by atoms with Crippen molar-refractivity contribution in [3.63, 3.8) is 0 Å². The molecule has 9 heteroatoms. The number of hydrogen-bond donors (Lipinski definition) is 2. The summed E-state index contributed by atoms with van der Waals surface area (Å²) in [4.78, 5) is 16.3. The van der Waals surface area contributed by atoms with Crippen LogP contribution in [0, 0.1) is 0 Å². The molecule has 0 radical (unpaired) electrons. The van der Waals surface area contributed by atoms with Gasteiger partial charge in [-0.1, -0.05) is 11.6 Å². The van der Waals surface area contributed by atoms with Crippen LogP contribution in [0.5, 0.6) is 0 Å². The van der Waals surface area contributed by atoms with Gasteiger partial charge in [-0.25, -0.2) is 9.97 Å². The maximum Gasteiger partial charge on any atom is 0.224 e. The van der Waals surface area contributed by atoms with Crippen molar-refractivity contribution in [2.24, 2.45) is 0 Å². The first-order valence-electron chi connectivity index (χ1n) is 4.97.